The maximum atomic E-state index is 14.3. The predicted molar refractivity (Wildman–Crippen MR) is 109 cm³/mol. The molecule has 2 heterocycles. The van der Waals surface area contributed by atoms with Crippen LogP contribution in [0.5, 0.6) is 5.75 Å². The van der Waals surface area contributed by atoms with Gasteiger partial charge in [-0.1, -0.05) is 24.0 Å². The molecule has 4 rings (SSSR count). The zero-order chi connectivity index (χ0) is 19.9. The largest absolute Gasteiger partial charge is 0.489 e. The van der Waals surface area contributed by atoms with Crippen molar-refractivity contribution in [3.63, 3.8) is 0 Å². The number of benzene rings is 2. The Balaban J connectivity index is 1.35. The molecule has 2 aromatic carbocycles. The molecule has 0 saturated heterocycles. The van der Waals surface area contributed by atoms with E-state index in [4.69, 9.17) is 4.74 Å². The molecule has 0 aliphatic carbocycles. The number of halogens is 1. The molecule has 0 fully saturated rings. The Morgan fingerprint density at radius 2 is 1.79 bits per heavy atom. The number of aromatic nitrogens is 3. The molecule has 5 heteroatoms. The first-order valence-electron chi connectivity index (χ1n) is 9.16. The molecule has 0 bridgehead atoms. The van der Waals surface area contributed by atoms with Crippen LogP contribution in [-0.4, -0.2) is 14.8 Å². The molecule has 2 aromatic heterocycles. The van der Waals surface area contributed by atoms with Gasteiger partial charge in [0.25, 0.3) is 0 Å². The van der Waals surface area contributed by atoms with Gasteiger partial charge in [-0.05, 0) is 54.1 Å². The summed E-state index contributed by atoms with van der Waals surface area (Å²) < 4.78 is 21.8. The zero-order valence-corrected chi connectivity index (χ0v) is 15.6. The third kappa shape index (κ3) is 5.08. The minimum atomic E-state index is -0.261. The van der Waals surface area contributed by atoms with Crippen molar-refractivity contribution in [3.05, 3.63) is 114 Å². The van der Waals surface area contributed by atoms with Crippen LogP contribution in [0.1, 0.15) is 22.3 Å². The van der Waals surface area contributed by atoms with Gasteiger partial charge >= 0.3 is 0 Å². The Morgan fingerprint density at radius 1 is 0.931 bits per heavy atom. The van der Waals surface area contributed by atoms with Gasteiger partial charge in [-0.15, -0.1) is 0 Å². The summed E-state index contributed by atoms with van der Waals surface area (Å²) in [5.41, 5.74) is 3.11. The highest BCUT2D eigenvalue weighted by Gasteiger charge is 2.05. The second-order valence-corrected chi connectivity index (χ2v) is 6.43. The molecule has 0 saturated carbocycles. The Morgan fingerprint density at radius 3 is 2.52 bits per heavy atom. The molecule has 0 spiro atoms. The van der Waals surface area contributed by atoms with Gasteiger partial charge in [0.15, 0.2) is 0 Å². The topological polar surface area (TPSA) is 39.9 Å². The van der Waals surface area contributed by atoms with Gasteiger partial charge in [0.1, 0.15) is 18.2 Å². The first-order chi connectivity index (χ1) is 14.3. The number of hydrogen-bond donors (Lipinski definition) is 0. The first kappa shape index (κ1) is 18.5. The SMILES string of the molecule is Fc1cc(COc2ccc(C#Cc3cccnc3)cc2)ccc1Cn1cccn1. The van der Waals surface area contributed by atoms with E-state index in [0.29, 0.717) is 24.5 Å². The van der Waals surface area contributed by atoms with Crippen LogP contribution < -0.4 is 4.74 Å². The van der Waals surface area contributed by atoms with E-state index in [0.717, 1.165) is 16.7 Å². The van der Waals surface area contributed by atoms with E-state index in [1.54, 1.807) is 35.5 Å². The van der Waals surface area contributed by atoms with E-state index in [-0.39, 0.29) is 5.82 Å². The molecule has 4 aromatic rings. The van der Waals surface area contributed by atoms with Crippen LogP contribution >= 0.6 is 0 Å². The van der Waals surface area contributed by atoms with E-state index in [9.17, 15) is 4.39 Å². The predicted octanol–water partition coefficient (Wildman–Crippen LogP) is 4.44. The zero-order valence-electron chi connectivity index (χ0n) is 15.6. The lowest BCUT2D eigenvalue weighted by Gasteiger charge is -2.09. The summed E-state index contributed by atoms with van der Waals surface area (Å²) in [4.78, 5) is 4.04. The van der Waals surface area contributed by atoms with E-state index < -0.39 is 0 Å². The second-order valence-electron chi connectivity index (χ2n) is 6.43. The van der Waals surface area contributed by atoms with Crippen LogP contribution in [-0.2, 0) is 13.2 Å². The van der Waals surface area contributed by atoms with Crippen molar-refractivity contribution in [3.8, 4) is 17.6 Å². The summed E-state index contributed by atoms with van der Waals surface area (Å²) in [7, 11) is 0. The van der Waals surface area contributed by atoms with Crippen LogP contribution in [0.3, 0.4) is 0 Å². The third-order valence-corrected chi connectivity index (χ3v) is 4.28. The van der Waals surface area contributed by atoms with E-state index >= 15 is 0 Å². The average Bonchev–Trinajstić information content (AvgIpc) is 3.27. The highest BCUT2D eigenvalue weighted by molar-refractivity contribution is 5.43. The van der Waals surface area contributed by atoms with E-state index in [1.165, 1.54) is 6.07 Å². The minimum Gasteiger partial charge on any atom is -0.489 e. The normalized spacial score (nSPS) is 10.2. The minimum absolute atomic E-state index is 0.261. The van der Waals surface area contributed by atoms with Crippen molar-refractivity contribution in [2.75, 3.05) is 0 Å². The average molecular weight is 383 g/mol. The van der Waals surface area contributed by atoms with Crippen LogP contribution in [0.25, 0.3) is 0 Å². The van der Waals surface area contributed by atoms with Crippen molar-refractivity contribution in [1.82, 2.24) is 14.8 Å². The highest BCUT2D eigenvalue weighted by Crippen LogP contribution is 2.16. The lowest BCUT2D eigenvalue weighted by molar-refractivity contribution is 0.305. The number of nitrogens with zero attached hydrogens (tertiary/aromatic N) is 3. The van der Waals surface area contributed by atoms with Gasteiger partial charge in [0.05, 0.1) is 6.54 Å². The monoisotopic (exact) mass is 383 g/mol. The van der Waals surface area contributed by atoms with Crippen LogP contribution in [0.4, 0.5) is 4.39 Å². The van der Waals surface area contributed by atoms with Crippen LogP contribution in [0, 0.1) is 17.7 Å². The van der Waals surface area contributed by atoms with Gasteiger partial charge in [-0.3, -0.25) is 9.67 Å². The molecule has 0 amide bonds. The standard InChI is InChI=1S/C24H18FN3O/c25-24-15-21(6-9-22(24)17-28-14-2-13-27-28)18-29-23-10-7-19(8-11-23)4-5-20-3-1-12-26-16-20/h1-3,6-16H,17-18H2. The highest BCUT2D eigenvalue weighted by atomic mass is 19.1. The van der Waals surface area contributed by atoms with Gasteiger partial charge in [-0.2, -0.15) is 5.10 Å². The van der Waals surface area contributed by atoms with Crippen molar-refractivity contribution in [1.29, 1.82) is 0 Å². The smallest absolute Gasteiger partial charge is 0.128 e. The Hall–Kier alpha value is -3.91. The summed E-state index contributed by atoms with van der Waals surface area (Å²) in [6, 6.07) is 18.2. The molecule has 0 aliphatic rings. The fraction of sp³-hybridized carbons (Fsp3) is 0.0833. The van der Waals surface area contributed by atoms with Gasteiger partial charge < -0.3 is 4.74 Å². The molecule has 29 heavy (non-hydrogen) atoms. The molecule has 4 nitrogen and oxygen atoms in total. The summed E-state index contributed by atoms with van der Waals surface area (Å²) >= 11 is 0. The molecule has 0 N–H and O–H groups in total. The molecule has 0 atom stereocenters. The van der Waals surface area contributed by atoms with Crippen LogP contribution in [0.2, 0.25) is 0 Å². The van der Waals surface area contributed by atoms with Crippen molar-refractivity contribution < 1.29 is 9.13 Å². The van der Waals surface area contributed by atoms with Crippen molar-refractivity contribution in [2.45, 2.75) is 13.2 Å². The number of rotatable bonds is 5. The Labute approximate surface area is 168 Å². The quantitative estimate of drug-likeness (QED) is 0.478. The molecule has 0 unspecified atom stereocenters. The molecular formula is C24H18FN3O. The third-order valence-electron chi connectivity index (χ3n) is 4.28. The first-order valence-corrected chi connectivity index (χ1v) is 9.16. The van der Waals surface area contributed by atoms with Gasteiger partial charge in [0, 0.05) is 41.5 Å². The number of pyridine rings is 1. The van der Waals surface area contributed by atoms with E-state index in [1.807, 2.05) is 48.5 Å². The number of ether oxygens (including phenoxy) is 1. The Bertz CT molecular complexity index is 1130. The van der Waals surface area contributed by atoms with Gasteiger partial charge in [0.2, 0.25) is 0 Å². The molecule has 142 valence electrons. The lowest BCUT2D eigenvalue weighted by Crippen LogP contribution is -2.03. The van der Waals surface area contributed by atoms with Crippen molar-refractivity contribution >= 4 is 0 Å². The number of hydrogen-bond acceptors (Lipinski definition) is 3. The maximum absolute atomic E-state index is 14.3. The Kier molecular flexibility index (Phi) is 5.63. The second kappa shape index (κ2) is 8.85. The lowest BCUT2D eigenvalue weighted by atomic mass is 10.1. The molecule has 0 aliphatic heterocycles. The summed E-state index contributed by atoms with van der Waals surface area (Å²) in [6.45, 7) is 0.696. The summed E-state index contributed by atoms with van der Waals surface area (Å²) in [6.07, 6.45) is 6.93. The maximum Gasteiger partial charge on any atom is 0.128 e. The van der Waals surface area contributed by atoms with E-state index in [2.05, 4.69) is 21.9 Å². The van der Waals surface area contributed by atoms with Crippen LogP contribution in [0.15, 0.2) is 85.5 Å². The summed E-state index contributed by atoms with van der Waals surface area (Å²) in [5.74, 6) is 6.60. The fourth-order valence-corrected chi connectivity index (χ4v) is 2.76. The van der Waals surface area contributed by atoms with Gasteiger partial charge in [-0.25, -0.2) is 4.39 Å². The molecule has 0 radical (unpaired) electrons. The summed E-state index contributed by atoms with van der Waals surface area (Å²) in [5, 5.41) is 4.10. The molecular weight excluding hydrogens is 365 g/mol. The fourth-order valence-electron chi connectivity index (χ4n) is 2.76. The van der Waals surface area contributed by atoms with Crippen molar-refractivity contribution in [2.24, 2.45) is 0 Å².